The molecule has 2 heterocycles. The van der Waals surface area contributed by atoms with Crippen LogP contribution in [0.25, 0.3) is 0 Å². The third-order valence-electron chi connectivity index (χ3n) is 5.52. The van der Waals surface area contributed by atoms with Gasteiger partial charge in [-0.15, -0.1) is 0 Å². The first-order valence-electron chi connectivity index (χ1n) is 11.6. The smallest absolute Gasteiger partial charge is 0.270 e. The number of carbonyl (C=O) groups excluding carboxylic acids is 2. The first-order chi connectivity index (χ1) is 16.7. The second kappa shape index (κ2) is 11.9. The maximum atomic E-state index is 13.1. The number of para-hydroxylation sites is 2. The average Bonchev–Trinajstić information content (AvgIpc) is 3.44. The van der Waals surface area contributed by atoms with E-state index >= 15 is 0 Å². The van der Waals surface area contributed by atoms with E-state index < -0.39 is 17.6 Å². The quantitative estimate of drug-likeness (QED) is 0.316. The summed E-state index contributed by atoms with van der Waals surface area (Å²) in [6, 6.07) is 6.27. The van der Waals surface area contributed by atoms with Crippen molar-refractivity contribution in [2.75, 3.05) is 26.8 Å². The molecular formula is C25H34N4O6. The number of nitrogens with two attached hydrogens (primary N) is 1. The second-order valence-corrected chi connectivity index (χ2v) is 9.12. The normalized spacial score (nSPS) is 19.7. The number of ether oxygens (including phenoxy) is 3. The predicted molar refractivity (Wildman–Crippen MR) is 131 cm³/mol. The molecule has 0 aromatic heterocycles. The van der Waals surface area contributed by atoms with E-state index in [1.807, 2.05) is 6.07 Å². The fourth-order valence-electron chi connectivity index (χ4n) is 3.81. The molecule has 35 heavy (non-hydrogen) atoms. The van der Waals surface area contributed by atoms with Gasteiger partial charge in [-0.1, -0.05) is 12.1 Å². The first-order valence-corrected chi connectivity index (χ1v) is 11.6. The van der Waals surface area contributed by atoms with Crippen LogP contribution >= 0.6 is 0 Å². The molecule has 4 N–H and O–H groups in total. The van der Waals surface area contributed by atoms with Crippen molar-refractivity contribution in [1.82, 2.24) is 10.2 Å². The van der Waals surface area contributed by atoms with Gasteiger partial charge in [0, 0.05) is 31.8 Å². The highest BCUT2D eigenvalue weighted by Crippen LogP contribution is 2.30. The maximum absolute atomic E-state index is 13.1. The van der Waals surface area contributed by atoms with Gasteiger partial charge in [0.1, 0.15) is 17.6 Å². The van der Waals surface area contributed by atoms with Crippen LogP contribution in [-0.4, -0.2) is 72.2 Å². The van der Waals surface area contributed by atoms with E-state index in [0.717, 1.165) is 12.8 Å². The summed E-state index contributed by atoms with van der Waals surface area (Å²) in [5.74, 6) is 0.517. The van der Waals surface area contributed by atoms with Crippen LogP contribution in [0.1, 0.15) is 33.1 Å². The molecule has 190 valence electrons. The lowest BCUT2D eigenvalue weighted by Crippen LogP contribution is -2.44. The van der Waals surface area contributed by atoms with Crippen molar-refractivity contribution in [2.24, 2.45) is 10.7 Å². The third kappa shape index (κ3) is 7.83. The Bertz CT molecular complexity index is 992. The van der Waals surface area contributed by atoms with Gasteiger partial charge in [-0.3, -0.25) is 9.59 Å². The monoisotopic (exact) mass is 486 g/mol. The molecule has 0 saturated carbocycles. The summed E-state index contributed by atoms with van der Waals surface area (Å²) in [7, 11) is 1.54. The molecule has 0 spiro atoms. The van der Waals surface area contributed by atoms with Crippen molar-refractivity contribution in [1.29, 1.82) is 0 Å². The zero-order chi connectivity index (χ0) is 25.4. The summed E-state index contributed by atoms with van der Waals surface area (Å²) in [4.78, 5) is 31.4. The third-order valence-corrected chi connectivity index (χ3v) is 5.52. The lowest BCUT2D eigenvalue weighted by atomic mass is 10.0. The number of nitrogens with one attached hydrogen (secondary N) is 1. The number of aliphatic imine (C=N–C) groups is 1. The zero-order valence-electron chi connectivity index (χ0n) is 20.4. The fourth-order valence-corrected chi connectivity index (χ4v) is 3.81. The lowest BCUT2D eigenvalue weighted by molar-refractivity contribution is -0.135. The first kappa shape index (κ1) is 26.2. The number of amidine groups is 1. The minimum atomic E-state index is -0.898. The van der Waals surface area contributed by atoms with Gasteiger partial charge in [0.25, 0.3) is 11.8 Å². The van der Waals surface area contributed by atoms with Crippen LogP contribution in [0.4, 0.5) is 0 Å². The Kier molecular flexibility index (Phi) is 8.89. The topological polar surface area (TPSA) is 136 Å². The number of benzene rings is 1. The van der Waals surface area contributed by atoms with Crippen LogP contribution in [0, 0.1) is 0 Å². The van der Waals surface area contributed by atoms with Crippen LogP contribution in [0.5, 0.6) is 11.5 Å². The van der Waals surface area contributed by atoms with Crippen LogP contribution in [0.2, 0.25) is 0 Å². The molecule has 1 saturated heterocycles. The van der Waals surface area contributed by atoms with E-state index in [-0.39, 0.29) is 24.4 Å². The van der Waals surface area contributed by atoms with E-state index in [1.165, 1.54) is 30.4 Å². The number of nitrogens with zero attached hydrogens (tertiary/aromatic N) is 2. The van der Waals surface area contributed by atoms with Gasteiger partial charge < -0.3 is 35.3 Å². The van der Waals surface area contributed by atoms with E-state index in [2.05, 4.69) is 10.3 Å². The van der Waals surface area contributed by atoms with Crippen LogP contribution in [0.15, 0.2) is 53.4 Å². The van der Waals surface area contributed by atoms with Crippen molar-refractivity contribution in [3.63, 3.8) is 0 Å². The molecule has 3 rings (SSSR count). The summed E-state index contributed by atoms with van der Waals surface area (Å²) in [5.41, 5.74) is 5.02. The molecule has 10 heteroatoms. The van der Waals surface area contributed by atoms with Gasteiger partial charge in [-0.2, -0.15) is 4.99 Å². The van der Waals surface area contributed by atoms with E-state index in [1.54, 1.807) is 32.0 Å². The molecule has 0 radical (unpaired) electrons. The summed E-state index contributed by atoms with van der Waals surface area (Å²) >= 11 is 0. The molecule has 2 amide bonds. The summed E-state index contributed by atoms with van der Waals surface area (Å²) in [6.45, 7) is 4.36. The largest absolute Gasteiger partial charge is 0.493 e. The Hall–Kier alpha value is -3.37. The highest BCUT2D eigenvalue weighted by molar-refractivity contribution is 6.03. The predicted octanol–water partition coefficient (Wildman–Crippen LogP) is 1.50. The standard InChI is InChI=1S/C25H34N4O6/c1-25(2,32)16-27-11-10-22(26)28-24(31)19(13-17-7-6-12-34-17)29-15-18(14-23(29)30)35-21-9-5-4-8-20(21)33-3/h4-5,8-11,14,17,19,27,32H,6-7,12-13,15-16H2,1-3H3,(H2,26,28,31)/b11-10-. The molecule has 10 nitrogen and oxygen atoms in total. The van der Waals surface area contributed by atoms with Gasteiger partial charge in [0.2, 0.25) is 0 Å². The summed E-state index contributed by atoms with van der Waals surface area (Å²) < 4.78 is 16.9. The van der Waals surface area contributed by atoms with Crippen LogP contribution < -0.4 is 20.5 Å². The Morgan fingerprint density at radius 3 is 2.80 bits per heavy atom. The van der Waals surface area contributed by atoms with Gasteiger partial charge in [0.05, 0.1) is 25.4 Å². The Labute approximate surface area is 205 Å². The molecule has 2 atom stereocenters. The molecule has 1 aromatic carbocycles. The lowest BCUT2D eigenvalue weighted by Gasteiger charge is -2.27. The number of hydrogen-bond acceptors (Lipinski definition) is 7. The zero-order valence-corrected chi connectivity index (χ0v) is 20.4. The average molecular weight is 487 g/mol. The van der Waals surface area contributed by atoms with Crippen molar-refractivity contribution in [2.45, 2.75) is 50.9 Å². The van der Waals surface area contributed by atoms with Crippen molar-refractivity contribution in [3.05, 3.63) is 48.4 Å². The van der Waals surface area contributed by atoms with Gasteiger partial charge in [-0.05, 0) is 44.9 Å². The number of amides is 2. The van der Waals surface area contributed by atoms with Gasteiger partial charge in [-0.25, -0.2) is 0 Å². The summed E-state index contributed by atoms with van der Waals surface area (Å²) in [6.07, 6.45) is 6.21. The van der Waals surface area contributed by atoms with Crippen molar-refractivity contribution in [3.8, 4) is 11.5 Å². The fraction of sp³-hybridized carbons (Fsp3) is 0.480. The number of aliphatic hydroxyl groups is 1. The minimum Gasteiger partial charge on any atom is -0.493 e. The number of hydrogen-bond donors (Lipinski definition) is 3. The molecule has 2 aliphatic rings. The molecule has 1 fully saturated rings. The maximum Gasteiger partial charge on any atom is 0.270 e. The minimum absolute atomic E-state index is 0.0133. The SMILES string of the molecule is COc1ccccc1OC1=CC(=O)N(C(CC2CCCO2)C(=O)N=C(N)/C=C\NCC(C)(C)O)C1. The van der Waals surface area contributed by atoms with Crippen LogP contribution in [0.3, 0.4) is 0 Å². The Morgan fingerprint density at radius 1 is 1.40 bits per heavy atom. The summed E-state index contributed by atoms with van der Waals surface area (Å²) in [5, 5.41) is 12.6. The molecular weight excluding hydrogens is 452 g/mol. The second-order valence-electron chi connectivity index (χ2n) is 9.12. The molecule has 2 unspecified atom stereocenters. The molecule has 0 bridgehead atoms. The van der Waals surface area contributed by atoms with Crippen molar-refractivity contribution >= 4 is 17.6 Å². The van der Waals surface area contributed by atoms with E-state index in [4.69, 9.17) is 19.9 Å². The Balaban J connectivity index is 1.71. The molecule has 2 aliphatic heterocycles. The molecule has 1 aromatic rings. The number of rotatable bonds is 11. The van der Waals surface area contributed by atoms with E-state index in [9.17, 15) is 14.7 Å². The number of methoxy groups -OCH3 is 1. The number of carbonyl (C=O) groups is 2. The highest BCUT2D eigenvalue weighted by Gasteiger charge is 2.37. The molecule has 0 aliphatic carbocycles. The van der Waals surface area contributed by atoms with Gasteiger partial charge >= 0.3 is 0 Å². The highest BCUT2D eigenvalue weighted by atomic mass is 16.5. The van der Waals surface area contributed by atoms with Crippen LogP contribution in [-0.2, 0) is 14.3 Å². The van der Waals surface area contributed by atoms with Gasteiger partial charge in [0.15, 0.2) is 11.5 Å². The Morgan fingerprint density at radius 2 is 2.14 bits per heavy atom. The van der Waals surface area contributed by atoms with Crippen molar-refractivity contribution < 1.29 is 28.9 Å². The van der Waals surface area contributed by atoms with E-state index in [0.29, 0.717) is 36.8 Å².